The molecule has 0 saturated carbocycles. The maximum atomic E-state index is 12.1. The van der Waals surface area contributed by atoms with E-state index in [4.69, 9.17) is 14.2 Å². The van der Waals surface area contributed by atoms with Crippen molar-refractivity contribution in [2.75, 3.05) is 0 Å². The van der Waals surface area contributed by atoms with E-state index in [0.29, 0.717) is 11.5 Å². The Morgan fingerprint density at radius 2 is 2.08 bits per heavy atom. The molecule has 3 fully saturated rings. The minimum Gasteiger partial charge on any atom is -0.456 e. The Labute approximate surface area is 144 Å². The summed E-state index contributed by atoms with van der Waals surface area (Å²) < 4.78 is 18.7. The van der Waals surface area contributed by atoms with Gasteiger partial charge >= 0.3 is 5.97 Å². The lowest BCUT2D eigenvalue weighted by Crippen LogP contribution is -2.54. The lowest BCUT2D eigenvalue weighted by molar-refractivity contribution is -0.212. The number of esters is 1. The van der Waals surface area contributed by atoms with Gasteiger partial charge in [0.2, 0.25) is 0 Å². The van der Waals surface area contributed by atoms with E-state index in [9.17, 15) is 4.79 Å². The molecule has 7 atom stereocenters. The number of fused-ring (bicyclic) bond motifs is 7. The van der Waals surface area contributed by atoms with Crippen LogP contribution < -0.4 is 0 Å². The van der Waals surface area contributed by atoms with Crippen molar-refractivity contribution in [3.8, 4) is 0 Å². The zero-order valence-electron chi connectivity index (χ0n) is 14.9. The van der Waals surface area contributed by atoms with E-state index in [0.717, 1.165) is 32.1 Å². The van der Waals surface area contributed by atoms with Gasteiger partial charge < -0.3 is 14.2 Å². The molecule has 24 heavy (non-hydrogen) atoms. The summed E-state index contributed by atoms with van der Waals surface area (Å²) in [6.07, 6.45) is 7.12. The second-order valence-corrected chi connectivity index (χ2v) is 8.29. The quantitative estimate of drug-likeness (QED) is 0.386. The first-order valence-electron chi connectivity index (χ1n) is 9.29. The van der Waals surface area contributed by atoms with Crippen molar-refractivity contribution >= 4 is 5.97 Å². The molecule has 0 aromatic rings. The topological polar surface area (TPSA) is 44.8 Å². The molecule has 4 heteroatoms. The SMILES string of the molecule is C=C1C(=O)O[C@H]2[C@H]3O[C@@H](C[C@@H]12)[C@@]1(C)CC[C@H](O1)/C(C)=C/CC[C@H]3C. The Morgan fingerprint density at radius 1 is 1.29 bits per heavy atom. The van der Waals surface area contributed by atoms with E-state index in [1.165, 1.54) is 5.57 Å². The first-order chi connectivity index (χ1) is 11.4. The van der Waals surface area contributed by atoms with E-state index >= 15 is 0 Å². The van der Waals surface area contributed by atoms with Crippen molar-refractivity contribution in [1.82, 2.24) is 0 Å². The molecule has 4 bridgehead atoms. The van der Waals surface area contributed by atoms with E-state index in [-0.39, 0.29) is 41.9 Å². The minimum absolute atomic E-state index is 0.00616. The van der Waals surface area contributed by atoms with Gasteiger partial charge in [-0.25, -0.2) is 4.79 Å². The summed E-state index contributed by atoms with van der Waals surface area (Å²) in [5.74, 6) is 0.158. The maximum absolute atomic E-state index is 12.1. The Kier molecular flexibility index (Phi) is 3.88. The van der Waals surface area contributed by atoms with Gasteiger partial charge in [0.15, 0.2) is 0 Å². The third-order valence-corrected chi connectivity index (χ3v) is 6.62. The second kappa shape index (κ2) is 5.70. The fourth-order valence-corrected chi connectivity index (χ4v) is 4.90. The Hall–Kier alpha value is -1.13. The monoisotopic (exact) mass is 332 g/mol. The first kappa shape index (κ1) is 16.3. The van der Waals surface area contributed by atoms with Crippen molar-refractivity contribution in [3.05, 3.63) is 23.8 Å². The van der Waals surface area contributed by atoms with Crippen LogP contribution in [0.25, 0.3) is 0 Å². The standard InChI is InChI=1S/C20H28O4/c1-11-6-5-7-12(2)17-18-14(13(3)19(21)23-18)10-16(22-17)20(4)9-8-15(11)24-20/h6,12,14-18H,3,5,7-10H2,1-2,4H3/b11-6+/t12-,14+,15+,16+,17+,18-,20-/m1/s1. The highest BCUT2D eigenvalue weighted by atomic mass is 16.6. The molecule has 4 aliphatic heterocycles. The summed E-state index contributed by atoms with van der Waals surface area (Å²) in [6.45, 7) is 10.6. The molecule has 3 saturated heterocycles. The van der Waals surface area contributed by atoms with Gasteiger partial charge in [0.1, 0.15) is 6.10 Å². The lowest BCUT2D eigenvalue weighted by atomic mass is 9.77. The van der Waals surface area contributed by atoms with Crippen molar-refractivity contribution in [2.24, 2.45) is 11.8 Å². The normalized spacial score (nSPS) is 50.5. The van der Waals surface area contributed by atoms with Crippen LogP contribution in [-0.4, -0.2) is 36.0 Å². The number of carbonyl (C=O) groups is 1. The molecular weight excluding hydrogens is 304 g/mol. The summed E-state index contributed by atoms with van der Waals surface area (Å²) in [5, 5.41) is 0. The Balaban J connectivity index is 1.70. The molecule has 0 unspecified atom stereocenters. The molecule has 4 heterocycles. The average Bonchev–Trinajstić information content (AvgIpc) is 3.08. The lowest BCUT2D eigenvalue weighted by Gasteiger charge is -2.45. The van der Waals surface area contributed by atoms with E-state index in [2.05, 4.69) is 33.4 Å². The van der Waals surface area contributed by atoms with Gasteiger partial charge in [-0.05, 0) is 57.4 Å². The van der Waals surface area contributed by atoms with Crippen molar-refractivity contribution in [1.29, 1.82) is 0 Å². The number of hydrogen-bond donors (Lipinski definition) is 0. The van der Waals surface area contributed by atoms with Crippen molar-refractivity contribution < 1.29 is 19.0 Å². The van der Waals surface area contributed by atoms with Crippen LogP contribution in [0.2, 0.25) is 0 Å². The molecule has 4 aliphatic rings. The second-order valence-electron chi connectivity index (χ2n) is 8.29. The van der Waals surface area contributed by atoms with Crippen molar-refractivity contribution in [2.45, 2.75) is 82.9 Å². The number of carbonyl (C=O) groups excluding carboxylic acids is 1. The summed E-state index contributed by atoms with van der Waals surface area (Å²) in [4.78, 5) is 12.1. The summed E-state index contributed by atoms with van der Waals surface area (Å²) in [6, 6.07) is 0. The summed E-state index contributed by atoms with van der Waals surface area (Å²) >= 11 is 0. The molecule has 4 rings (SSSR count). The van der Waals surface area contributed by atoms with Crippen LogP contribution in [0.3, 0.4) is 0 Å². The highest BCUT2D eigenvalue weighted by molar-refractivity contribution is 5.91. The Morgan fingerprint density at radius 3 is 2.88 bits per heavy atom. The highest BCUT2D eigenvalue weighted by Gasteiger charge is 2.55. The zero-order valence-corrected chi connectivity index (χ0v) is 14.9. The molecule has 0 amide bonds. The third-order valence-electron chi connectivity index (χ3n) is 6.62. The number of allylic oxidation sites excluding steroid dienone is 1. The van der Waals surface area contributed by atoms with Crippen LogP contribution in [0.1, 0.15) is 52.9 Å². The average molecular weight is 332 g/mol. The van der Waals surface area contributed by atoms with E-state index in [1.54, 1.807) is 0 Å². The number of hydrogen-bond acceptors (Lipinski definition) is 4. The van der Waals surface area contributed by atoms with Gasteiger partial charge in [0.25, 0.3) is 0 Å². The van der Waals surface area contributed by atoms with E-state index in [1.807, 2.05) is 0 Å². The third kappa shape index (κ3) is 2.46. The molecule has 0 spiro atoms. The van der Waals surface area contributed by atoms with Gasteiger partial charge in [-0.15, -0.1) is 0 Å². The fraction of sp³-hybridized carbons (Fsp3) is 0.750. The fourth-order valence-electron chi connectivity index (χ4n) is 4.90. The summed E-state index contributed by atoms with van der Waals surface area (Å²) in [5.41, 5.74) is 1.67. The van der Waals surface area contributed by atoms with Crippen LogP contribution in [0, 0.1) is 11.8 Å². The molecule has 0 aliphatic carbocycles. The maximum Gasteiger partial charge on any atom is 0.334 e. The van der Waals surface area contributed by atoms with Gasteiger partial charge in [0, 0.05) is 11.5 Å². The van der Waals surface area contributed by atoms with Gasteiger partial charge in [-0.3, -0.25) is 0 Å². The predicted molar refractivity (Wildman–Crippen MR) is 90.5 cm³/mol. The van der Waals surface area contributed by atoms with Gasteiger partial charge in [0.05, 0.1) is 23.9 Å². The summed E-state index contributed by atoms with van der Waals surface area (Å²) in [7, 11) is 0. The molecule has 4 nitrogen and oxygen atoms in total. The number of ether oxygens (including phenoxy) is 3. The van der Waals surface area contributed by atoms with Crippen LogP contribution in [0.15, 0.2) is 23.8 Å². The smallest absolute Gasteiger partial charge is 0.334 e. The molecule has 132 valence electrons. The van der Waals surface area contributed by atoms with Crippen LogP contribution >= 0.6 is 0 Å². The molecule has 0 N–H and O–H groups in total. The van der Waals surface area contributed by atoms with Crippen LogP contribution in [0.4, 0.5) is 0 Å². The van der Waals surface area contributed by atoms with Gasteiger partial charge in [-0.2, -0.15) is 0 Å². The van der Waals surface area contributed by atoms with Gasteiger partial charge in [-0.1, -0.05) is 19.6 Å². The predicted octanol–water partition coefficient (Wildman–Crippen LogP) is 3.56. The largest absolute Gasteiger partial charge is 0.456 e. The zero-order chi connectivity index (χ0) is 17.1. The van der Waals surface area contributed by atoms with E-state index < -0.39 is 0 Å². The molecule has 0 radical (unpaired) electrons. The van der Waals surface area contributed by atoms with Crippen LogP contribution in [0.5, 0.6) is 0 Å². The molecule has 0 aromatic carbocycles. The Bertz CT molecular complexity index is 594. The molecular formula is C20H28O4. The highest BCUT2D eigenvalue weighted by Crippen LogP contribution is 2.48. The first-order valence-corrected chi connectivity index (χ1v) is 9.29. The molecule has 0 aromatic heterocycles. The van der Waals surface area contributed by atoms with Crippen molar-refractivity contribution in [3.63, 3.8) is 0 Å². The number of rotatable bonds is 0. The van der Waals surface area contributed by atoms with Crippen LogP contribution in [-0.2, 0) is 19.0 Å². The minimum atomic E-state index is -0.293.